The van der Waals surface area contributed by atoms with Crippen molar-refractivity contribution in [2.45, 2.75) is 45.6 Å². The van der Waals surface area contributed by atoms with Crippen molar-refractivity contribution >= 4 is 0 Å². The predicted molar refractivity (Wildman–Crippen MR) is 58.2 cm³/mol. The van der Waals surface area contributed by atoms with Gasteiger partial charge in [-0.3, -0.25) is 10.7 Å². The van der Waals surface area contributed by atoms with Gasteiger partial charge < -0.3 is 4.74 Å². The SMILES string of the molecule is C=C(NO)[C@@H](C)CCCC(C)(C)OC. The molecule has 0 aliphatic carbocycles. The Morgan fingerprint density at radius 2 is 2.14 bits per heavy atom. The van der Waals surface area contributed by atoms with Gasteiger partial charge in [-0.25, -0.2) is 0 Å². The molecule has 0 amide bonds. The average Bonchev–Trinajstić information content (AvgIpc) is 2.16. The molecule has 0 aromatic carbocycles. The molecular weight excluding hydrogens is 178 g/mol. The lowest BCUT2D eigenvalue weighted by molar-refractivity contribution is 0.0128. The molecule has 3 heteroatoms. The van der Waals surface area contributed by atoms with Crippen LogP contribution in [0.5, 0.6) is 0 Å². The first kappa shape index (κ1) is 13.5. The summed E-state index contributed by atoms with van der Waals surface area (Å²) in [7, 11) is 1.73. The zero-order valence-corrected chi connectivity index (χ0v) is 9.76. The van der Waals surface area contributed by atoms with Crippen LogP contribution in [-0.4, -0.2) is 17.9 Å². The Balaban J connectivity index is 3.69. The van der Waals surface area contributed by atoms with Crippen molar-refractivity contribution < 1.29 is 9.94 Å². The third-order valence-electron chi connectivity index (χ3n) is 2.71. The Morgan fingerprint density at radius 1 is 1.57 bits per heavy atom. The van der Waals surface area contributed by atoms with Crippen LogP contribution in [0.1, 0.15) is 40.0 Å². The number of methoxy groups -OCH3 is 1. The smallest absolute Gasteiger partial charge is 0.0622 e. The molecule has 0 rings (SSSR count). The number of hydroxylamine groups is 1. The molecule has 0 aliphatic heterocycles. The van der Waals surface area contributed by atoms with Gasteiger partial charge in [0.1, 0.15) is 0 Å². The van der Waals surface area contributed by atoms with Gasteiger partial charge >= 0.3 is 0 Å². The van der Waals surface area contributed by atoms with Gasteiger partial charge in [-0.15, -0.1) is 0 Å². The Labute approximate surface area is 87.1 Å². The normalized spacial score (nSPS) is 13.8. The molecule has 0 fully saturated rings. The molecule has 0 spiro atoms. The predicted octanol–water partition coefficient (Wildman–Crippen LogP) is 2.71. The molecule has 84 valence electrons. The van der Waals surface area contributed by atoms with E-state index in [1.54, 1.807) is 7.11 Å². The Morgan fingerprint density at radius 3 is 2.57 bits per heavy atom. The van der Waals surface area contributed by atoms with Crippen molar-refractivity contribution in [3.05, 3.63) is 12.3 Å². The van der Waals surface area contributed by atoms with Gasteiger partial charge in [-0.1, -0.05) is 13.5 Å². The summed E-state index contributed by atoms with van der Waals surface area (Å²) in [6.45, 7) is 9.92. The molecule has 0 unspecified atom stereocenters. The zero-order valence-electron chi connectivity index (χ0n) is 9.76. The highest BCUT2D eigenvalue weighted by Gasteiger charge is 2.16. The first-order valence-electron chi connectivity index (χ1n) is 5.07. The number of nitrogens with one attached hydrogen (secondary N) is 1. The molecule has 3 nitrogen and oxygen atoms in total. The van der Waals surface area contributed by atoms with Crippen LogP contribution in [0.3, 0.4) is 0 Å². The van der Waals surface area contributed by atoms with E-state index in [0.29, 0.717) is 11.6 Å². The van der Waals surface area contributed by atoms with Crippen LogP contribution in [0.15, 0.2) is 12.3 Å². The van der Waals surface area contributed by atoms with Crippen molar-refractivity contribution in [1.82, 2.24) is 5.48 Å². The van der Waals surface area contributed by atoms with Gasteiger partial charge in [0.15, 0.2) is 0 Å². The molecule has 0 saturated heterocycles. The Kier molecular flexibility index (Phi) is 5.81. The molecular formula is C11H23NO2. The molecule has 0 radical (unpaired) electrons. The van der Waals surface area contributed by atoms with Crippen LogP contribution in [-0.2, 0) is 4.74 Å². The van der Waals surface area contributed by atoms with Gasteiger partial charge in [0.25, 0.3) is 0 Å². The summed E-state index contributed by atoms with van der Waals surface area (Å²) < 4.78 is 5.32. The molecule has 14 heavy (non-hydrogen) atoms. The maximum absolute atomic E-state index is 8.64. The quantitative estimate of drug-likeness (QED) is 0.622. The van der Waals surface area contributed by atoms with Crippen LogP contribution >= 0.6 is 0 Å². The van der Waals surface area contributed by atoms with Crippen molar-refractivity contribution in [2.24, 2.45) is 5.92 Å². The number of hydrogen-bond acceptors (Lipinski definition) is 3. The lowest BCUT2D eigenvalue weighted by Gasteiger charge is -2.23. The van der Waals surface area contributed by atoms with Crippen LogP contribution < -0.4 is 5.48 Å². The van der Waals surface area contributed by atoms with E-state index in [2.05, 4.69) is 25.9 Å². The van der Waals surface area contributed by atoms with Crippen LogP contribution in [0.4, 0.5) is 0 Å². The second-order valence-corrected chi connectivity index (χ2v) is 4.39. The first-order chi connectivity index (χ1) is 6.43. The maximum atomic E-state index is 8.64. The van der Waals surface area contributed by atoms with Gasteiger partial charge in [0.2, 0.25) is 0 Å². The van der Waals surface area contributed by atoms with Gasteiger partial charge in [-0.2, -0.15) is 0 Å². The fourth-order valence-corrected chi connectivity index (χ4v) is 1.22. The van der Waals surface area contributed by atoms with E-state index in [0.717, 1.165) is 19.3 Å². The standard InChI is InChI=1S/C11H23NO2/c1-9(10(2)12-13)7-6-8-11(3,4)14-5/h9,12-13H,2,6-8H2,1,3-5H3/t9-/m0/s1. The van der Waals surface area contributed by atoms with Crippen LogP contribution in [0.2, 0.25) is 0 Å². The van der Waals surface area contributed by atoms with E-state index in [1.165, 1.54) is 0 Å². The minimum absolute atomic E-state index is 0.0479. The van der Waals surface area contributed by atoms with Crippen molar-refractivity contribution in [3.8, 4) is 0 Å². The third kappa shape index (κ3) is 5.25. The van der Waals surface area contributed by atoms with E-state index >= 15 is 0 Å². The highest BCUT2D eigenvalue weighted by atomic mass is 16.5. The van der Waals surface area contributed by atoms with Crippen LogP contribution in [0, 0.1) is 5.92 Å². The lowest BCUT2D eigenvalue weighted by Crippen LogP contribution is -2.22. The van der Waals surface area contributed by atoms with Gasteiger partial charge in [-0.05, 0) is 39.0 Å². The monoisotopic (exact) mass is 201 g/mol. The van der Waals surface area contributed by atoms with Crippen molar-refractivity contribution in [2.75, 3.05) is 7.11 Å². The van der Waals surface area contributed by atoms with E-state index in [-0.39, 0.29) is 5.60 Å². The molecule has 2 N–H and O–H groups in total. The van der Waals surface area contributed by atoms with E-state index in [1.807, 2.05) is 6.92 Å². The van der Waals surface area contributed by atoms with Crippen molar-refractivity contribution in [1.29, 1.82) is 0 Å². The fraction of sp³-hybridized carbons (Fsp3) is 0.818. The number of hydrogen-bond donors (Lipinski definition) is 2. The summed E-state index contributed by atoms with van der Waals surface area (Å²) in [4.78, 5) is 0. The lowest BCUT2D eigenvalue weighted by atomic mass is 9.95. The molecule has 0 aromatic rings. The fourth-order valence-electron chi connectivity index (χ4n) is 1.22. The topological polar surface area (TPSA) is 41.5 Å². The molecule has 0 bridgehead atoms. The highest BCUT2D eigenvalue weighted by Crippen LogP contribution is 2.20. The second-order valence-electron chi connectivity index (χ2n) is 4.39. The average molecular weight is 201 g/mol. The number of rotatable bonds is 7. The largest absolute Gasteiger partial charge is 0.379 e. The molecule has 0 aliphatic rings. The summed E-state index contributed by atoms with van der Waals surface area (Å²) in [5.41, 5.74) is 2.73. The van der Waals surface area contributed by atoms with E-state index in [9.17, 15) is 0 Å². The van der Waals surface area contributed by atoms with Gasteiger partial charge in [0.05, 0.1) is 5.60 Å². The second kappa shape index (κ2) is 6.04. The number of ether oxygens (including phenoxy) is 1. The Hall–Kier alpha value is -0.540. The van der Waals surface area contributed by atoms with E-state index in [4.69, 9.17) is 9.94 Å². The van der Waals surface area contributed by atoms with E-state index < -0.39 is 0 Å². The summed E-state index contributed by atoms with van der Waals surface area (Å²) >= 11 is 0. The molecule has 0 saturated carbocycles. The molecule has 0 aromatic heterocycles. The summed E-state index contributed by atoms with van der Waals surface area (Å²) in [6.07, 6.45) is 3.11. The zero-order chi connectivity index (χ0) is 11.2. The Bertz CT molecular complexity index is 178. The first-order valence-corrected chi connectivity index (χ1v) is 5.07. The number of allylic oxidation sites excluding steroid dienone is 1. The van der Waals surface area contributed by atoms with Crippen molar-refractivity contribution in [3.63, 3.8) is 0 Å². The minimum Gasteiger partial charge on any atom is -0.379 e. The maximum Gasteiger partial charge on any atom is 0.0622 e. The van der Waals surface area contributed by atoms with Gasteiger partial charge in [0, 0.05) is 12.8 Å². The van der Waals surface area contributed by atoms with Crippen LogP contribution in [0.25, 0.3) is 0 Å². The molecule has 0 heterocycles. The summed E-state index contributed by atoms with van der Waals surface area (Å²) in [5, 5.41) is 8.64. The summed E-state index contributed by atoms with van der Waals surface area (Å²) in [5.74, 6) is 0.299. The third-order valence-corrected chi connectivity index (χ3v) is 2.71. The summed E-state index contributed by atoms with van der Waals surface area (Å²) in [6, 6.07) is 0. The molecule has 1 atom stereocenters. The minimum atomic E-state index is -0.0479. The highest BCUT2D eigenvalue weighted by molar-refractivity contribution is 4.92.